The Balaban J connectivity index is 2.00. The van der Waals surface area contributed by atoms with Gasteiger partial charge in [0.1, 0.15) is 0 Å². The maximum atomic E-state index is 13.3. The van der Waals surface area contributed by atoms with E-state index >= 15 is 0 Å². The molecule has 31 heavy (non-hydrogen) atoms. The van der Waals surface area contributed by atoms with Crippen molar-refractivity contribution in [3.05, 3.63) is 64.7 Å². The van der Waals surface area contributed by atoms with Crippen molar-refractivity contribution in [2.75, 3.05) is 14.2 Å². The van der Waals surface area contributed by atoms with E-state index in [-0.39, 0.29) is 35.7 Å². The number of carbonyl (C=O) groups excluding carboxylic acids is 1. The second kappa shape index (κ2) is 8.28. The number of benzene rings is 2. The number of carbonyl (C=O) groups is 1. The van der Waals surface area contributed by atoms with Gasteiger partial charge in [-0.15, -0.1) is 0 Å². The van der Waals surface area contributed by atoms with E-state index in [0.29, 0.717) is 29.2 Å². The summed E-state index contributed by atoms with van der Waals surface area (Å²) in [5.41, 5.74) is -2.66. The van der Waals surface area contributed by atoms with Crippen LogP contribution in [-0.2, 0) is 17.1 Å². The third-order valence-corrected chi connectivity index (χ3v) is 5.13. The van der Waals surface area contributed by atoms with E-state index in [1.807, 2.05) is 0 Å². The van der Waals surface area contributed by atoms with Crippen molar-refractivity contribution in [1.29, 1.82) is 0 Å². The maximum absolute atomic E-state index is 13.3. The number of hydrogen-bond acceptors (Lipinski definition) is 3. The van der Waals surface area contributed by atoms with Crippen molar-refractivity contribution in [2.45, 2.75) is 31.1 Å². The molecule has 0 fully saturated rings. The Kier molecular flexibility index (Phi) is 6.07. The molecule has 0 saturated heterocycles. The molecule has 3 nitrogen and oxygen atoms in total. The molecule has 9 heteroatoms. The van der Waals surface area contributed by atoms with Gasteiger partial charge in [-0.1, -0.05) is 12.1 Å². The van der Waals surface area contributed by atoms with Crippen molar-refractivity contribution >= 4 is 11.4 Å². The summed E-state index contributed by atoms with van der Waals surface area (Å²) in [7, 11) is 2.91. The Morgan fingerprint density at radius 3 is 2.03 bits per heavy atom. The molecule has 0 N–H and O–H groups in total. The summed E-state index contributed by atoms with van der Waals surface area (Å²) >= 11 is 0. The topological polar surface area (TPSA) is 35.5 Å². The minimum Gasteiger partial charge on any atom is -0.493 e. The Hall–Kier alpha value is -2.97. The normalized spacial score (nSPS) is 17.4. The lowest BCUT2D eigenvalue weighted by Crippen LogP contribution is -2.17. The van der Waals surface area contributed by atoms with E-state index in [4.69, 9.17) is 9.47 Å². The van der Waals surface area contributed by atoms with Gasteiger partial charge in [0, 0.05) is 6.42 Å². The number of halogens is 6. The Morgan fingerprint density at radius 1 is 0.806 bits per heavy atom. The average Bonchev–Trinajstić information content (AvgIpc) is 2.71. The van der Waals surface area contributed by atoms with Crippen LogP contribution in [0.2, 0.25) is 0 Å². The molecule has 0 amide bonds. The summed E-state index contributed by atoms with van der Waals surface area (Å²) < 4.78 is 89.4. The van der Waals surface area contributed by atoms with Gasteiger partial charge in [-0.2, -0.15) is 26.3 Å². The van der Waals surface area contributed by atoms with Crippen LogP contribution < -0.4 is 9.47 Å². The molecule has 0 radical (unpaired) electrons. The van der Waals surface area contributed by atoms with Crippen molar-refractivity contribution in [2.24, 2.45) is 0 Å². The molecule has 0 bridgehead atoms. The van der Waals surface area contributed by atoms with Crippen LogP contribution >= 0.6 is 0 Å². The summed E-state index contributed by atoms with van der Waals surface area (Å²) in [6.45, 7) is 0. The van der Waals surface area contributed by atoms with Crippen LogP contribution in [0.15, 0.2) is 42.5 Å². The first-order valence-electron chi connectivity index (χ1n) is 9.18. The van der Waals surface area contributed by atoms with Crippen molar-refractivity contribution in [3.63, 3.8) is 0 Å². The summed E-state index contributed by atoms with van der Waals surface area (Å²) in [6.07, 6.45) is -8.85. The predicted octanol–water partition coefficient (Wildman–Crippen LogP) is 6.27. The highest BCUT2D eigenvalue weighted by Gasteiger charge is 2.43. The fourth-order valence-corrected chi connectivity index (χ4v) is 3.66. The van der Waals surface area contributed by atoms with Gasteiger partial charge < -0.3 is 9.47 Å². The first-order chi connectivity index (χ1) is 14.4. The SMILES string of the molecule is COc1ccc(C2CC(=O)C=C(c3ccc(C(F)(F)F)c(C(F)(F)F)c3)C2)cc1OC. The smallest absolute Gasteiger partial charge is 0.417 e. The fraction of sp³-hybridized carbons (Fsp3) is 0.318. The molecule has 0 heterocycles. The predicted molar refractivity (Wildman–Crippen MR) is 101 cm³/mol. The zero-order valence-corrected chi connectivity index (χ0v) is 16.5. The summed E-state index contributed by atoms with van der Waals surface area (Å²) in [5, 5.41) is 0. The Morgan fingerprint density at radius 2 is 1.45 bits per heavy atom. The zero-order chi connectivity index (χ0) is 23.0. The van der Waals surface area contributed by atoms with Crippen LogP contribution in [0.1, 0.15) is 41.0 Å². The van der Waals surface area contributed by atoms with E-state index in [1.165, 1.54) is 20.3 Å². The highest BCUT2D eigenvalue weighted by Crippen LogP contribution is 2.44. The number of hydrogen-bond donors (Lipinski definition) is 0. The lowest BCUT2D eigenvalue weighted by Gasteiger charge is -2.24. The van der Waals surface area contributed by atoms with Gasteiger partial charge in [0.25, 0.3) is 0 Å². The molecule has 2 aromatic carbocycles. The van der Waals surface area contributed by atoms with Crippen LogP contribution in [0.3, 0.4) is 0 Å². The van der Waals surface area contributed by atoms with Gasteiger partial charge in [-0.3, -0.25) is 4.79 Å². The summed E-state index contributed by atoms with van der Waals surface area (Å²) in [4.78, 5) is 12.3. The van der Waals surface area contributed by atoms with E-state index in [1.54, 1.807) is 18.2 Å². The van der Waals surface area contributed by atoms with Gasteiger partial charge in [0.05, 0.1) is 25.3 Å². The van der Waals surface area contributed by atoms with Crippen molar-refractivity contribution in [1.82, 2.24) is 0 Å². The summed E-state index contributed by atoms with van der Waals surface area (Å²) in [6, 6.07) is 6.87. The Labute approximate surface area is 174 Å². The van der Waals surface area contributed by atoms with Gasteiger partial charge >= 0.3 is 12.4 Å². The number of rotatable bonds is 4. The molecule has 0 spiro atoms. The molecule has 0 saturated carbocycles. The average molecular weight is 444 g/mol. The van der Waals surface area contributed by atoms with Crippen LogP contribution in [0.25, 0.3) is 5.57 Å². The lowest BCUT2D eigenvalue weighted by atomic mass is 9.80. The Bertz CT molecular complexity index is 1020. The van der Waals surface area contributed by atoms with Crippen molar-refractivity contribution in [3.8, 4) is 11.5 Å². The molecule has 166 valence electrons. The second-order valence-electron chi connectivity index (χ2n) is 7.11. The molecule has 3 rings (SSSR count). The van der Waals surface area contributed by atoms with Gasteiger partial charge in [0.15, 0.2) is 17.3 Å². The fourth-order valence-electron chi connectivity index (χ4n) is 3.66. The van der Waals surface area contributed by atoms with Crippen LogP contribution in [0, 0.1) is 0 Å². The van der Waals surface area contributed by atoms with E-state index in [9.17, 15) is 31.1 Å². The number of alkyl halides is 6. The third kappa shape index (κ3) is 4.86. The molecule has 1 atom stereocenters. The third-order valence-electron chi connectivity index (χ3n) is 5.13. The minimum absolute atomic E-state index is 0.0705. The van der Waals surface area contributed by atoms with Crippen molar-refractivity contribution < 1.29 is 40.6 Å². The minimum atomic E-state index is -5.19. The molecule has 0 aromatic heterocycles. The second-order valence-corrected chi connectivity index (χ2v) is 7.11. The molecular formula is C22H18F6O3. The van der Waals surface area contributed by atoms with E-state index in [2.05, 4.69) is 0 Å². The van der Waals surface area contributed by atoms with Crippen LogP contribution in [-0.4, -0.2) is 20.0 Å². The van der Waals surface area contributed by atoms with E-state index in [0.717, 1.165) is 6.07 Å². The van der Waals surface area contributed by atoms with Gasteiger partial charge in [-0.25, -0.2) is 0 Å². The first kappa shape index (κ1) is 22.7. The largest absolute Gasteiger partial charge is 0.493 e. The lowest BCUT2D eigenvalue weighted by molar-refractivity contribution is -0.162. The number of methoxy groups -OCH3 is 2. The van der Waals surface area contributed by atoms with Gasteiger partial charge in [-0.05, 0) is 59.4 Å². The number of allylic oxidation sites excluding steroid dienone is 2. The molecule has 2 aromatic rings. The molecular weight excluding hydrogens is 426 g/mol. The number of ether oxygens (including phenoxy) is 2. The molecule has 1 aliphatic rings. The van der Waals surface area contributed by atoms with Gasteiger partial charge in [0.2, 0.25) is 0 Å². The van der Waals surface area contributed by atoms with Crippen LogP contribution in [0.4, 0.5) is 26.3 Å². The highest BCUT2D eigenvalue weighted by molar-refractivity contribution is 5.99. The highest BCUT2D eigenvalue weighted by atomic mass is 19.4. The standard InChI is InChI=1S/C22H18F6O3/c1-30-19-6-4-13(11-20(19)31-2)15-7-14(8-16(29)9-15)12-3-5-17(21(23,24)25)18(10-12)22(26,27)28/h3-6,8,10-11,15H,7,9H2,1-2H3. The van der Waals surface area contributed by atoms with E-state index < -0.39 is 23.5 Å². The monoisotopic (exact) mass is 444 g/mol. The summed E-state index contributed by atoms with van der Waals surface area (Å²) in [5.74, 6) is 0.206. The molecule has 1 aliphatic carbocycles. The molecule has 1 unspecified atom stereocenters. The molecule has 0 aliphatic heterocycles. The zero-order valence-electron chi connectivity index (χ0n) is 16.5. The maximum Gasteiger partial charge on any atom is 0.417 e. The number of ketones is 1. The first-order valence-corrected chi connectivity index (χ1v) is 9.18. The quantitative estimate of drug-likeness (QED) is 0.522. The van der Waals surface area contributed by atoms with Crippen LogP contribution in [0.5, 0.6) is 11.5 Å².